The quantitative estimate of drug-likeness (QED) is 0.708. The van der Waals surface area contributed by atoms with E-state index >= 15 is 0 Å². The van der Waals surface area contributed by atoms with Crippen LogP contribution in [0.2, 0.25) is 0 Å². The minimum atomic E-state index is -0.0163. The van der Waals surface area contributed by atoms with E-state index in [1.165, 1.54) is 29.5 Å². The molecule has 1 atom stereocenters. The number of nitrogens with zero attached hydrogens (tertiary/aromatic N) is 1. The molecule has 1 aromatic carbocycles. The van der Waals surface area contributed by atoms with Gasteiger partial charge in [0.2, 0.25) is 5.91 Å². The summed E-state index contributed by atoms with van der Waals surface area (Å²) in [6.45, 7) is 5.10. The van der Waals surface area contributed by atoms with E-state index in [2.05, 4.69) is 38.1 Å². The first kappa shape index (κ1) is 16.6. The average Bonchev–Trinajstić information content (AvgIpc) is 2.96. The molecule has 0 aromatic heterocycles. The maximum Gasteiger partial charge on any atom is 0.226 e. The van der Waals surface area contributed by atoms with E-state index in [0.29, 0.717) is 6.42 Å². The summed E-state index contributed by atoms with van der Waals surface area (Å²) in [5.74, 6) is 0.180. The fourth-order valence-electron chi connectivity index (χ4n) is 2.67. The lowest BCUT2D eigenvalue weighted by Gasteiger charge is -2.19. The summed E-state index contributed by atoms with van der Waals surface area (Å²) in [4.78, 5) is 14.0. The lowest BCUT2D eigenvalue weighted by molar-refractivity contribution is -0.131. The summed E-state index contributed by atoms with van der Waals surface area (Å²) in [5.41, 5.74) is 3.63. The van der Waals surface area contributed by atoms with Crippen molar-refractivity contribution in [3.63, 3.8) is 0 Å². The molecule has 22 heavy (non-hydrogen) atoms. The Bertz CT molecular complexity index is 519. The summed E-state index contributed by atoms with van der Waals surface area (Å²) in [7, 11) is 1.89. The number of hydrogen-bond acceptors (Lipinski definition) is 2. The smallest absolute Gasteiger partial charge is 0.226 e. The SMILES string of the molecule is CCCCCN(C)C(=O)CC1CC(c2ccc(C)cc2)=CO1. The van der Waals surface area contributed by atoms with E-state index in [1.54, 1.807) is 0 Å². The van der Waals surface area contributed by atoms with Crippen LogP contribution in [-0.2, 0) is 9.53 Å². The van der Waals surface area contributed by atoms with Gasteiger partial charge in [-0.05, 0) is 24.5 Å². The number of hydrogen-bond donors (Lipinski definition) is 0. The lowest BCUT2D eigenvalue weighted by Crippen LogP contribution is -2.30. The Morgan fingerprint density at radius 1 is 1.27 bits per heavy atom. The number of unbranched alkanes of at least 4 members (excludes halogenated alkanes) is 2. The highest BCUT2D eigenvalue weighted by atomic mass is 16.5. The summed E-state index contributed by atoms with van der Waals surface area (Å²) < 4.78 is 5.69. The van der Waals surface area contributed by atoms with Gasteiger partial charge in [-0.2, -0.15) is 0 Å². The monoisotopic (exact) mass is 301 g/mol. The van der Waals surface area contributed by atoms with Gasteiger partial charge in [-0.1, -0.05) is 49.6 Å². The van der Waals surface area contributed by atoms with Crippen LogP contribution in [0, 0.1) is 6.92 Å². The van der Waals surface area contributed by atoms with Gasteiger partial charge in [0.15, 0.2) is 0 Å². The minimum Gasteiger partial charge on any atom is -0.497 e. The highest BCUT2D eigenvalue weighted by molar-refractivity contribution is 5.77. The minimum absolute atomic E-state index is 0.0163. The van der Waals surface area contributed by atoms with Gasteiger partial charge in [0, 0.05) is 20.0 Å². The van der Waals surface area contributed by atoms with Crippen LogP contribution in [-0.4, -0.2) is 30.5 Å². The van der Waals surface area contributed by atoms with Gasteiger partial charge in [0.1, 0.15) is 6.10 Å². The molecule has 1 aliphatic rings. The molecule has 0 spiro atoms. The molecule has 0 saturated heterocycles. The van der Waals surface area contributed by atoms with Gasteiger partial charge >= 0.3 is 0 Å². The molecule has 1 aliphatic heterocycles. The molecule has 1 unspecified atom stereocenters. The van der Waals surface area contributed by atoms with Crippen molar-refractivity contribution < 1.29 is 9.53 Å². The first-order chi connectivity index (χ1) is 10.6. The van der Waals surface area contributed by atoms with Crippen LogP contribution >= 0.6 is 0 Å². The van der Waals surface area contributed by atoms with E-state index in [0.717, 1.165) is 19.4 Å². The van der Waals surface area contributed by atoms with Gasteiger partial charge in [-0.25, -0.2) is 0 Å². The number of carbonyl (C=O) groups excluding carboxylic acids is 1. The Morgan fingerprint density at radius 3 is 2.68 bits per heavy atom. The molecule has 0 bridgehead atoms. The number of carbonyl (C=O) groups is 1. The normalized spacial score (nSPS) is 17.0. The zero-order chi connectivity index (χ0) is 15.9. The standard InChI is InChI=1S/C19H27NO2/c1-4-5-6-11-20(3)19(21)13-18-12-17(14-22-18)16-9-7-15(2)8-10-16/h7-10,14,18H,4-6,11-13H2,1-3H3. The highest BCUT2D eigenvalue weighted by Gasteiger charge is 2.23. The van der Waals surface area contributed by atoms with E-state index in [9.17, 15) is 4.79 Å². The van der Waals surface area contributed by atoms with Crippen LogP contribution in [0.4, 0.5) is 0 Å². The predicted molar refractivity (Wildman–Crippen MR) is 90.4 cm³/mol. The summed E-state index contributed by atoms with van der Waals surface area (Å²) >= 11 is 0. The lowest BCUT2D eigenvalue weighted by atomic mass is 10.0. The van der Waals surface area contributed by atoms with Crippen LogP contribution in [0.15, 0.2) is 30.5 Å². The number of rotatable bonds is 7. The third-order valence-electron chi connectivity index (χ3n) is 4.20. The molecular weight excluding hydrogens is 274 g/mol. The second kappa shape index (κ2) is 8.02. The second-order valence-corrected chi connectivity index (χ2v) is 6.20. The Balaban J connectivity index is 1.79. The zero-order valence-electron chi connectivity index (χ0n) is 14.0. The van der Waals surface area contributed by atoms with Crippen LogP contribution in [0.3, 0.4) is 0 Å². The number of benzene rings is 1. The Morgan fingerprint density at radius 2 is 2.00 bits per heavy atom. The maximum absolute atomic E-state index is 12.2. The molecule has 3 nitrogen and oxygen atoms in total. The summed E-state index contributed by atoms with van der Waals surface area (Å²) in [6.07, 6.45) is 6.52. The average molecular weight is 301 g/mol. The van der Waals surface area contributed by atoms with Gasteiger partial charge < -0.3 is 9.64 Å². The molecule has 0 fully saturated rings. The van der Waals surface area contributed by atoms with Crippen molar-refractivity contribution in [3.05, 3.63) is 41.7 Å². The first-order valence-electron chi connectivity index (χ1n) is 8.25. The predicted octanol–water partition coefficient (Wildman–Crippen LogP) is 4.16. The molecule has 0 aliphatic carbocycles. The van der Waals surface area contributed by atoms with E-state index in [-0.39, 0.29) is 12.0 Å². The highest BCUT2D eigenvalue weighted by Crippen LogP contribution is 2.29. The third kappa shape index (κ3) is 4.62. The second-order valence-electron chi connectivity index (χ2n) is 6.20. The number of amides is 1. The molecule has 2 rings (SSSR count). The van der Waals surface area contributed by atoms with Gasteiger partial charge in [0.25, 0.3) is 0 Å². The van der Waals surface area contributed by atoms with E-state index < -0.39 is 0 Å². The Labute approximate surface area is 134 Å². The number of ether oxygens (including phenoxy) is 1. The Hall–Kier alpha value is -1.77. The van der Waals surface area contributed by atoms with Crippen molar-refractivity contribution in [3.8, 4) is 0 Å². The topological polar surface area (TPSA) is 29.5 Å². The number of aryl methyl sites for hydroxylation is 1. The van der Waals surface area contributed by atoms with Crippen molar-refractivity contribution in [2.75, 3.05) is 13.6 Å². The van der Waals surface area contributed by atoms with Crippen molar-refractivity contribution in [2.45, 2.75) is 52.1 Å². The summed E-state index contributed by atoms with van der Waals surface area (Å²) in [5, 5.41) is 0. The molecule has 1 aromatic rings. The largest absolute Gasteiger partial charge is 0.497 e. The molecule has 0 radical (unpaired) electrons. The van der Waals surface area contributed by atoms with Gasteiger partial charge in [-0.3, -0.25) is 4.79 Å². The van der Waals surface area contributed by atoms with Crippen molar-refractivity contribution >= 4 is 11.5 Å². The van der Waals surface area contributed by atoms with Crippen LogP contribution in [0.5, 0.6) is 0 Å². The van der Waals surface area contributed by atoms with Crippen LogP contribution in [0.1, 0.15) is 50.2 Å². The molecule has 0 N–H and O–H groups in total. The maximum atomic E-state index is 12.2. The van der Waals surface area contributed by atoms with Gasteiger partial charge in [-0.15, -0.1) is 0 Å². The fourth-order valence-corrected chi connectivity index (χ4v) is 2.67. The first-order valence-corrected chi connectivity index (χ1v) is 8.25. The fraction of sp³-hybridized carbons (Fsp3) is 0.526. The molecule has 1 heterocycles. The van der Waals surface area contributed by atoms with Gasteiger partial charge in [0.05, 0.1) is 12.7 Å². The molecule has 0 saturated carbocycles. The van der Waals surface area contributed by atoms with Crippen LogP contribution < -0.4 is 0 Å². The molecule has 3 heteroatoms. The third-order valence-corrected chi connectivity index (χ3v) is 4.20. The van der Waals surface area contributed by atoms with Crippen LogP contribution in [0.25, 0.3) is 5.57 Å². The molecule has 120 valence electrons. The zero-order valence-corrected chi connectivity index (χ0v) is 14.0. The Kier molecular flexibility index (Phi) is 6.05. The molecular formula is C19H27NO2. The summed E-state index contributed by atoms with van der Waals surface area (Å²) in [6, 6.07) is 8.45. The van der Waals surface area contributed by atoms with Crippen molar-refractivity contribution in [1.82, 2.24) is 4.90 Å². The molecule has 1 amide bonds. The van der Waals surface area contributed by atoms with E-state index in [4.69, 9.17) is 4.74 Å². The van der Waals surface area contributed by atoms with Crippen molar-refractivity contribution in [1.29, 1.82) is 0 Å². The van der Waals surface area contributed by atoms with E-state index in [1.807, 2.05) is 18.2 Å². The van der Waals surface area contributed by atoms with Crippen molar-refractivity contribution in [2.24, 2.45) is 0 Å².